The van der Waals surface area contributed by atoms with Gasteiger partial charge in [0.15, 0.2) is 6.61 Å². The highest BCUT2D eigenvalue weighted by Crippen LogP contribution is 2.17. The van der Waals surface area contributed by atoms with Crippen molar-refractivity contribution in [2.45, 2.75) is 19.4 Å². The van der Waals surface area contributed by atoms with Crippen LogP contribution in [0.3, 0.4) is 0 Å². The Morgan fingerprint density at radius 2 is 1.80 bits per heavy atom. The number of hydrogen-bond donors (Lipinski definition) is 1. The summed E-state index contributed by atoms with van der Waals surface area (Å²) in [4.78, 5) is 49.7. The number of hydrogen-bond acceptors (Lipinski definition) is 6. The van der Waals surface area contributed by atoms with E-state index in [0.29, 0.717) is 18.7 Å². The van der Waals surface area contributed by atoms with Gasteiger partial charge in [-0.15, -0.1) is 0 Å². The lowest BCUT2D eigenvalue weighted by Gasteiger charge is -2.15. The van der Waals surface area contributed by atoms with E-state index in [1.54, 1.807) is 47.4 Å². The van der Waals surface area contributed by atoms with Gasteiger partial charge in [-0.2, -0.15) is 0 Å². The zero-order valence-corrected chi connectivity index (χ0v) is 16.6. The van der Waals surface area contributed by atoms with E-state index >= 15 is 0 Å². The van der Waals surface area contributed by atoms with Gasteiger partial charge in [-0.25, -0.2) is 4.79 Å². The first kappa shape index (κ1) is 21.0. The normalized spacial score (nSPS) is 13.1. The van der Waals surface area contributed by atoms with Crippen molar-refractivity contribution in [1.29, 1.82) is 0 Å². The van der Waals surface area contributed by atoms with Gasteiger partial charge in [0.2, 0.25) is 5.91 Å². The number of benzene rings is 2. The molecule has 1 aliphatic rings. The molecule has 0 bridgehead atoms. The lowest BCUT2D eigenvalue weighted by atomic mass is 10.1. The summed E-state index contributed by atoms with van der Waals surface area (Å²) in [6, 6.07) is 13.1. The second kappa shape index (κ2) is 9.69. The van der Waals surface area contributed by atoms with Crippen LogP contribution < -0.4 is 10.1 Å². The smallest absolute Gasteiger partial charge is 0.338 e. The van der Waals surface area contributed by atoms with Crippen LogP contribution in [0.5, 0.6) is 5.75 Å². The SMILES string of the molecule is COc1ccccc1C(=O)NC(=O)COC(=O)c1ccc(CN2CCCC2=O)cc1. The fourth-order valence-corrected chi connectivity index (χ4v) is 3.11. The van der Waals surface area contributed by atoms with Crippen molar-refractivity contribution in [3.05, 3.63) is 65.2 Å². The van der Waals surface area contributed by atoms with E-state index in [1.165, 1.54) is 13.2 Å². The molecule has 0 atom stereocenters. The molecule has 1 aliphatic heterocycles. The van der Waals surface area contributed by atoms with Crippen LogP contribution in [-0.2, 0) is 20.9 Å². The molecule has 0 aromatic heterocycles. The van der Waals surface area contributed by atoms with Crippen LogP contribution in [0, 0.1) is 0 Å². The molecule has 1 saturated heterocycles. The molecule has 3 amide bonds. The molecule has 0 unspecified atom stereocenters. The second-order valence-electron chi connectivity index (χ2n) is 6.77. The number of methoxy groups -OCH3 is 1. The summed E-state index contributed by atoms with van der Waals surface area (Å²) in [5.41, 5.74) is 1.38. The molecule has 8 nitrogen and oxygen atoms in total. The fraction of sp³-hybridized carbons (Fsp3) is 0.273. The first-order valence-electron chi connectivity index (χ1n) is 9.49. The van der Waals surface area contributed by atoms with E-state index in [-0.39, 0.29) is 17.0 Å². The van der Waals surface area contributed by atoms with Crippen LogP contribution in [0.2, 0.25) is 0 Å². The van der Waals surface area contributed by atoms with Gasteiger partial charge in [0.25, 0.3) is 11.8 Å². The maximum absolute atomic E-state index is 12.2. The average molecular weight is 410 g/mol. The Bertz CT molecular complexity index is 954. The average Bonchev–Trinajstić information content (AvgIpc) is 3.16. The van der Waals surface area contributed by atoms with Crippen molar-refractivity contribution in [1.82, 2.24) is 10.2 Å². The predicted octanol–water partition coefficient (Wildman–Crippen LogP) is 1.93. The first-order chi connectivity index (χ1) is 14.5. The number of ether oxygens (including phenoxy) is 2. The van der Waals surface area contributed by atoms with Crippen LogP contribution in [0.4, 0.5) is 0 Å². The van der Waals surface area contributed by atoms with E-state index in [9.17, 15) is 19.2 Å². The molecule has 0 radical (unpaired) electrons. The molecule has 0 spiro atoms. The Kier molecular flexibility index (Phi) is 6.79. The van der Waals surface area contributed by atoms with E-state index in [0.717, 1.165) is 18.5 Å². The maximum Gasteiger partial charge on any atom is 0.338 e. The maximum atomic E-state index is 12.2. The molecule has 156 valence electrons. The molecule has 1 fully saturated rings. The number of esters is 1. The molecule has 2 aromatic carbocycles. The number of imide groups is 1. The molecule has 2 aromatic rings. The van der Waals surface area contributed by atoms with Crippen LogP contribution in [0.25, 0.3) is 0 Å². The highest BCUT2D eigenvalue weighted by atomic mass is 16.5. The van der Waals surface area contributed by atoms with Crippen LogP contribution in [0.1, 0.15) is 39.1 Å². The topological polar surface area (TPSA) is 102 Å². The van der Waals surface area contributed by atoms with Crippen LogP contribution in [-0.4, -0.2) is 48.9 Å². The molecule has 0 aliphatic carbocycles. The number of carbonyl (C=O) groups is 4. The van der Waals surface area contributed by atoms with Crippen molar-refractivity contribution in [2.24, 2.45) is 0 Å². The molecule has 1 heterocycles. The molecule has 8 heteroatoms. The number of amides is 3. The number of carbonyl (C=O) groups excluding carboxylic acids is 4. The third-order valence-electron chi connectivity index (χ3n) is 4.67. The number of rotatable bonds is 7. The Labute approximate surface area is 173 Å². The van der Waals surface area contributed by atoms with Gasteiger partial charge >= 0.3 is 5.97 Å². The van der Waals surface area contributed by atoms with Gasteiger partial charge in [-0.05, 0) is 36.2 Å². The van der Waals surface area contributed by atoms with Crippen molar-refractivity contribution in [2.75, 3.05) is 20.3 Å². The summed E-state index contributed by atoms with van der Waals surface area (Å²) in [5, 5.41) is 2.16. The van der Waals surface area contributed by atoms with Crippen molar-refractivity contribution < 1.29 is 28.7 Å². The molecular weight excluding hydrogens is 388 g/mol. The lowest BCUT2D eigenvalue weighted by Crippen LogP contribution is -2.34. The van der Waals surface area contributed by atoms with Gasteiger partial charge < -0.3 is 14.4 Å². The van der Waals surface area contributed by atoms with Gasteiger partial charge in [0.1, 0.15) is 5.75 Å². The quantitative estimate of drug-likeness (QED) is 0.700. The number of likely N-dealkylation sites (tertiary alicyclic amines) is 1. The summed E-state index contributed by atoms with van der Waals surface area (Å²) in [6.07, 6.45) is 1.44. The van der Waals surface area contributed by atoms with E-state index < -0.39 is 24.4 Å². The molecule has 3 rings (SSSR count). The molecule has 30 heavy (non-hydrogen) atoms. The fourth-order valence-electron chi connectivity index (χ4n) is 3.11. The summed E-state index contributed by atoms with van der Waals surface area (Å²) >= 11 is 0. The predicted molar refractivity (Wildman–Crippen MR) is 107 cm³/mol. The molecule has 1 N–H and O–H groups in total. The summed E-state index contributed by atoms with van der Waals surface area (Å²) < 4.78 is 10.1. The zero-order chi connectivity index (χ0) is 21.5. The van der Waals surface area contributed by atoms with Crippen LogP contribution >= 0.6 is 0 Å². The number of nitrogens with zero attached hydrogens (tertiary/aromatic N) is 1. The molecule has 0 saturated carbocycles. The number of para-hydroxylation sites is 1. The Morgan fingerprint density at radius 1 is 1.07 bits per heavy atom. The van der Waals surface area contributed by atoms with E-state index in [2.05, 4.69) is 5.32 Å². The van der Waals surface area contributed by atoms with Crippen molar-refractivity contribution >= 4 is 23.7 Å². The van der Waals surface area contributed by atoms with E-state index in [1.807, 2.05) is 0 Å². The van der Waals surface area contributed by atoms with Gasteiger partial charge in [-0.3, -0.25) is 19.7 Å². The summed E-state index contributed by atoms with van der Waals surface area (Å²) in [6.45, 7) is 0.649. The minimum absolute atomic E-state index is 0.132. The second-order valence-corrected chi connectivity index (χ2v) is 6.77. The third kappa shape index (κ3) is 5.22. The Morgan fingerprint density at radius 3 is 2.47 bits per heavy atom. The van der Waals surface area contributed by atoms with E-state index in [4.69, 9.17) is 9.47 Å². The van der Waals surface area contributed by atoms with Gasteiger partial charge in [-0.1, -0.05) is 24.3 Å². The standard InChI is InChI=1S/C22H22N2O6/c1-29-18-6-3-2-5-17(18)21(27)23-19(25)14-30-22(28)16-10-8-15(9-11-16)13-24-12-4-7-20(24)26/h2-3,5-6,8-11H,4,7,12-14H2,1H3,(H,23,25,27). The highest BCUT2D eigenvalue weighted by molar-refractivity contribution is 6.07. The molecular formula is C22H22N2O6. The number of nitrogens with one attached hydrogen (secondary N) is 1. The van der Waals surface area contributed by atoms with Crippen molar-refractivity contribution in [3.63, 3.8) is 0 Å². The van der Waals surface area contributed by atoms with Gasteiger partial charge in [0, 0.05) is 19.5 Å². The van der Waals surface area contributed by atoms with Gasteiger partial charge in [0.05, 0.1) is 18.2 Å². The third-order valence-corrected chi connectivity index (χ3v) is 4.67. The zero-order valence-electron chi connectivity index (χ0n) is 16.6. The summed E-state index contributed by atoms with van der Waals surface area (Å²) in [7, 11) is 1.42. The van der Waals surface area contributed by atoms with Crippen LogP contribution in [0.15, 0.2) is 48.5 Å². The van der Waals surface area contributed by atoms with Crippen molar-refractivity contribution in [3.8, 4) is 5.75 Å². The minimum Gasteiger partial charge on any atom is -0.496 e. The monoisotopic (exact) mass is 410 g/mol. The largest absolute Gasteiger partial charge is 0.496 e. The lowest BCUT2D eigenvalue weighted by molar-refractivity contribution is -0.128. The Balaban J connectivity index is 1.49. The highest BCUT2D eigenvalue weighted by Gasteiger charge is 2.20. The minimum atomic E-state index is -0.747. The Hall–Kier alpha value is -3.68. The summed E-state index contributed by atoms with van der Waals surface area (Å²) in [5.74, 6) is -1.61. The first-order valence-corrected chi connectivity index (χ1v) is 9.49.